The number of hydrogen-bond acceptors (Lipinski definition) is 3. The Morgan fingerprint density at radius 1 is 1.10 bits per heavy atom. The number of nitrogens with zero attached hydrogens (tertiary/aromatic N) is 1. The van der Waals surface area contributed by atoms with Crippen LogP contribution in [0.2, 0.25) is 0 Å². The molecule has 3 rings (SSSR count). The van der Waals surface area contributed by atoms with Crippen molar-refractivity contribution < 1.29 is 17.6 Å². The smallest absolute Gasteiger partial charge is 0.247 e. The van der Waals surface area contributed by atoms with Crippen LogP contribution in [0, 0.1) is 5.82 Å². The highest BCUT2D eigenvalue weighted by atomic mass is 32.2. The number of benzene rings is 2. The second-order valence-electron chi connectivity index (χ2n) is 8.85. The molecule has 0 spiro atoms. The van der Waals surface area contributed by atoms with Crippen molar-refractivity contribution in [3.63, 3.8) is 0 Å². The van der Waals surface area contributed by atoms with Crippen molar-refractivity contribution in [2.75, 3.05) is 11.5 Å². The van der Waals surface area contributed by atoms with Gasteiger partial charge in [0.2, 0.25) is 5.91 Å². The summed E-state index contributed by atoms with van der Waals surface area (Å²) < 4.78 is 37.1. The first kappa shape index (κ1) is 22.2. The zero-order chi connectivity index (χ0) is 21.9. The van der Waals surface area contributed by atoms with E-state index >= 15 is 0 Å². The minimum Gasteiger partial charge on any atom is -0.331 e. The quantitative estimate of drug-likeness (QED) is 0.664. The fourth-order valence-corrected chi connectivity index (χ4v) is 5.28. The van der Waals surface area contributed by atoms with Crippen LogP contribution in [-0.4, -0.2) is 36.8 Å². The highest BCUT2D eigenvalue weighted by Crippen LogP contribution is 2.24. The molecule has 1 saturated heterocycles. The van der Waals surface area contributed by atoms with E-state index in [9.17, 15) is 17.6 Å². The highest BCUT2D eigenvalue weighted by molar-refractivity contribution is 7.91. The molecule has 1 fully saturated rings. The normalized spacial score (nSPS) is 18.6. The monoisotopic (exact) mass is 429 g/mol. The number of hydrogen-bond donors (Lipinski definition) is 0. The van der Waals surface area contributed by atoms with E-state index in [0.717, 1.165) is 5.56 Å². The summed E-state index contributed by atoms with van der Waals surface area (Å²) in [6.45, 7) is 6.77. The van der Waals surface area contributed by atoms with Gasteiger partial charge in [0.1, 0.15) is 5.82 Å². The predicted molar refractivity (Wildman–Crippen MR) is 118 cm³/mol. The molecule has 0 aliphatic carbocycles. The van der Waals surface area contributed by atoms with E-state index in [-0.39, 0.29) is 34.7 Å². The van der Waals surface area contributed by atoms with E-state index in [1.807, 2.05) is 12.1 Å². The Kier molecular flexibility index (Phi) is 6.46. The van der Waals surface area contributed by atoms with Crippen LogP contribution in [0.1, 0.15) is 43.9 Å². The van der Waals surface area contributed by atoms with E-state index in [2.05, 4.69) is 32.9 Å². The van der Waals surface area contributed by atoms with Crippen LogP contribution in [0.5, 0.6) is 0 Å². The molecule has 4 nitrogen and oxygen atoms in total. The summed E-state index contributed by atoms with van der Waals surface area (Å²) in [5, 5.41) is 0. The van der Waals surface area contributed by atoms with Crippen molar-refractivity contribution in [1.29, 1.82) is 0 Å². The van der Waals surface area contributed by atoms with Crippen LogP contribution >= 0.6 is 0 Å². The third-order valence-electron chi connectivity index (χ3n) is 5.39. The molecule has 0 bridgehead atoms. The minimum absolute atomic E-state index is 0.0107. The molecule has 0 unspecified atom stereocenters. The lowest BCUT2D eigenvalue weighted by atomic mass is 9.86. The summed E-state index contributed by atoms with van der Waals surface area (Å²) in [5.74, 6) is -0.494. The molecule has 0 radical (unpaired) electrons. The molecule has 6 heteroatoms. The Hall–Kier alpha value is -2.47. The van der Waals surface area contributed by atoms with Gasteiger partial charge < -0.3 is 4.90 Å². The maximum absolute atomic E-state index is 13.1. The van der Waals surface area contributed by atoms with Crippen LogP contribution in [0.4, 0.5) is 4.39 Å². The molecular weight excluding hydrogens is 401 g/mol. The minimum atomic E-state index is -3.12. The molecule has 0 saturated carbocycles. The summed E-state index contributed by atoms with van der Waals surface area (Å²) in [7, 11) is -3.12. The molecule has 160 valence electrons. The van der Waals surface area contributed by atoms with Gasteiger partial charge in [-0.2, -0.15) is 0 Å². The summed E-state index contributed by atoms with van der Waals surface area (Å²) in [4.78, 5) is 14.6. The summed E-state index contributed by atoms with van der Waals surface area (Å²) >= 11 is 0. The Labute approximate surface area is 178 Å². The van der Waals surface area contributed by atoms with Gasteiger partial charge in [-0.25, -0.2) is 12.8 Å². The first-order valence-electron chi connectivity index (χ1n) is 10.1. The molecule has 1 aliphatic rings. The highest BCUT2D eigenvalue weighted by Gasteiger charge is 2.34. The van der Waals surface area contributed by atoms with Gasteiger partial charge in [-0.1, -0.05) is 57.2 Å². The van der Waals surface area contributed by atoms with Crippen molar-refractivity contribution in [3.8, 4) is 0 Å². The SMILES string of the molecule is CC(C)(C)c1ccc(CN(C(=O)/C=C/c2ccc(F)cc2)[C@@H]2CCS(=O)(=O)C2)cc1. The lowest BCUT2D eigenvalue weighted by Crippen LogP contribution is -2.39. The molecule has 1 aliphatic heterocycles. The van der Waals surface area contributed by atoms with Crippen LogP contribution in [-0.2, 0) is 26.6 Å². The molecule has 2 aromatic carbocycles. The predicted octanol–water partition coefficient (Wildman–Crippen LogP) is 4.35. The first-order chi connectivity index (χ1) is 14.0. The Morgan fingerprint density at radius 3 is 2.27 bits per heavy atom. The number of carbonyl (C=O) groups is 1. The first-order valence-corrected chi connectivity index (χ1v) is 11.9. The zero-order valence-corrected chi connectivity index (χ0v) is 18.5. The summed E-state index contributed by atoms with van der Waals surface area (Å²) in [6, 6.07) is 13.6. The molecule has 1 amide bonds. The fourth-order valence-electron chi connectivity index (χ4n) is 3.55. The van der Waals surface area contributed by atoms with Crippen molar-refractivity contribution in [2.45, 2.75) is 45.2 Å². The van der Waals surface area contributed by atoms with Gasteiger partial charge in [0.25, 0.3) is 0 Å². The number of amides is 1. The van der Waals surface area contributed by atoms with Gasteiger partial charge in [-0.3, -0.25) is 4.79 Å². The van der Waals surface area contributed by atoms with E-state index in [1.165, 1.54) is 23.8 Å². The number of sulfone groups is 1. The molecule has 0 N–H and O–H groups in total. The molecular formula is C24H28FNO3S. The average molecular weight is 430 g/mol. The standard InChI is InChI=1S/C24H28FNO3S/c1-24(2,3)20-9-4-19(5-10-20)16-26(22-14-15-30(28,29)17-22)23(27)13-8-18-6-11-21(25)12-7-18/h4-13,22H,14-17H2,1-3H3/b13-8+/t22-/m1/s1. The number of halogens is 1. The van der Waals surface area contributed by atoms with Crippen LogP contribution < -0.4 is 0 Å². The van der Waals surface area contributed by atoms with Crippen molar-refractivity contribution >= 4 is 21.8 Å². The Balaban J connectivity index is 1.81. The third-order valence-corrected chi connectivity index (χ3v) is 7.14. The average Bonchev–Trinajstić information content (AvgIpc) is 3.04. The van der Waals surface area contributed by atoms with Gasteiger partial charge in [0, 0.05) is 18.7 Å². The van der Waals surface area contributed by atoms with Gasteiger partial charge in [-0.15, -0.1) is 0 Å². The maximum atomic E-state index is 13.1. The van der Waals surface area contributed by atoms with Gasteiger partial charge in [0.05, 0.1) is 11.5 Å². The number of rotatable bonds is 5. The molecule has 30 heavy (non-hydrogen) atoms. The van der Waals surface area contributed by atoms with Crippen molar-refractivity contribution in [2.24, 2.45) is 0 Å². The topological polar surface area (TPSA) is 54.5 Å². The fraction of sp³-hybridized carbons (Fsp3) is 0.375. The van der Waals surface area contributed by atoms with E-state index in [0.29, 0.717) is 18.5 Å². The summed E-state index contributed by atoms with van der Waals surface area (Å²) in [6.07, 6.45) is 3.50. The molecule has 1 atom stereocenters. The Bertz CT molecular complexity index is 1020. The van der Waals surface area contributed by atoms with Crippen LogP contribution in [0.3, 0.4) is 0 Å². The second-order valence-corrected chi connectivity index (χ2v) is 11.1. The van der Waals surface area contributed by atoms with E-state index in [1.54, 1.807) is 23.1 Å². The second kappa shape index (κ2) is 8.72. The Morgan fingerprint density at radius 2 is 1.73 bits per heavy atom. The third kappa shape index (κ3) is 5.79. The van der Waals surface area contributed by atoms with Crippen LogP contribution in [0.15, 0.2) is 54.6 Å². The van der Waals surface area contributed by atoms with Crippen LogP contribution in [0.25, 0.3) is 6.08 Å². The molecule has 1 heterocycles. The molecule has 2 aromatic rings. The zero-order valence-electron chi connectivity index (χ0n) is 17.6. The number of carbonyl (C=O) groups excluding carboxylic acids is 1. The van der Waals surface area contributed by atoms with Gasteiger partial charge >= 0.3 is 0 Å². The molecule has 0 aromatic heterocycles. The van der Waals surface area contributed by atoms with E-state index in [4.69, 9.17) is 0 Å². The van der Waals surface area contributed by atoms with E-state index < -0.39 is 9.84 Å². The summed E-state index contributed by atoms with van der Waals surface area (Å²) in [5.41, 5.74) is 2.89. The van der Waals surface area contributed by atoms with Gasteiger partial charge in [-0.05, 0) is 46.7 Å². The van der Waals surface area contributed by atoms with Gasteiger partial charge in [0.15, 0.2) is 9.84 Å². The van der Waals surface area contributed by atoms with Crippen molar-refractivity contribution in [1.82, 2.24) is 4.90 Å². The lowest BCUT2D eigenvalue weighted by molar-refractivity contribution is -0.128. The largest absolute Gasteiger partial charge is 0.331 e. The lowest BCUT2D eigenvalue weighted by Gasteiger charge is -2.28. The maximum Gasteiger partial charge on any atom is 0.247 e. The van der Waals surface area contributed by atoms with Crippen molar-refractivity contribution in [3.05, 3.63) is 77.1 Å².